The molecule has 0 bridgehead atoms. The van der Waals surface area contributed by atoms with Crippen LogP contribution in [-0.2, 0) is 9.53 Å². The summed E-state index contributed by atoms with van der Waals surface area (Å²) in [6, 6.07) is 11.7. The average Bonchev–Trinajstić information content (AvgIpc) is 3.29. The van der Waals surface area contributed by atoms with Crippen molar-refractivity contribution in [3.63, 3.8) is 0 Å². The van der Waals surface area contributed by atoms with Gasteiger partial charge in [0.2, 0.25) is 0 Å². The third-order valence-corrected chi connectivity index (χ3v) is 7.30. The van der Waals surface area contributed by atoms with E-state index in [1.54, 1.807) is 62.4 Å². The van der Waals surface area contributed by atoms with E-state index < -0.39 is 12.0 Å². The van der Waals surface area contributed by atoms with Gasteiger partial charge in [-0.25, -0.2) is 9.79 Å². The van der Waals surface area contributed by atoms with Gasteiger partial charge in [0.15, 0.2) is 34.4 Å². The molecule has 10 nitrogen and oxygen atoms in total. The predicted octanol–water partition coefficient (Wildman–Crippen LogP) is 4.06. The summed E-state index contributed by atoms with van der Waals surface area (Å²) in [5, 5.41) is 8.89. The van der Waals surface area contributed by atoms with Gasteiger partial charge < -0.3 is 23.7 Å². The van der Waals surface area contributed by atoms with E-state index in [1.807, 2.05) is 19.9 Å². The Labute approximate surface area is 253 Å². The fourth-order valence-electron chi connectivity index (χ4n) is 4.60. The van der Waals surface area contributed by atoms with Crippen LogP contribution in [0.15, 0.2) is 70.1 Å². The third kappa shape index (κ3) is 6.81. The first-order chi connectivity index (χ1) is 20.9. The van der Waals surface area contributed by atoms with Gasteiger partial charge in [-0.15, -0.1) is 0 Å². The average molecular weight is 604 g/mol. The zero-order valence-electron chi connectivity index (χ0n) is 24.5. The SMILES string of the molecule is C=CCOc1ccc([C@H]2C(C(=O)OCC)=C(C)N=c3sc(=Cc4ccc(OCC#N)c(OCC)c4)c(=O)n32)cc1OCC. The van der Waals surface area contributed by atoms with Crippen LogP contribution < -0.4 is 33.8 Å². The number of thiazole rings is 1. The number of nitriles is 1. The van der Waals surface area contributed by atoms with Crippen molar-refractivity contribution in [2.75, 3.05) is 33.0 Å². The van der Waals surface area contributed by atoms with Crippen LogP contribution >= 0.6 is 11.3 Å². The van der Waals surface area contributed by atoms with E-state index in [1.165, 1.54) is 15.9 Å². The molecule has 1 atom stereocenters. The number of hydrogen-bond acceptors (Lipinski definition) is 10. The summed E-state index contributed by atoms with van der Waals surface area (Å²) in [6.07, 6.45) is 3.37. The van der Waals surface area contributed by atoms with Crippen molar-refractivity contribution >= 4 is 23.4 Å². The molecule has 0 saturated heterocycles. The van der Waals surface area contributed by atoms with Gasteiger partial charge in [0.05, 0.1) is 41.7 Å². The van der Waals surface area contributed by atoms with Crippen molar-refractivity contribution in [3.05, 3.63) is 91.1 Å². The van der Waals surface area contributed by atoms with E-state index in [4.69, 9.17) is 28.9 Å². The van der Waals surface area contributed by atoms with Gasteiger partial charge in [-0.2, -0.15) is 5.26 Å². The number of hydrogen-bond donors (Lipinski definition) is 0. The smallest absolute Gasteiger partial charge is 0.338 e. The molecule has 1 aliphatic heterocycles. The van der Waals surface area contributed by atoms with Crippen LogP contribution in [0.4, 0.5) is 0 Å². The molecular formula is C32H33N3O7S. The molecule has 11 heteroatoms. The van der Waals surface area contributed by atoms with Gasteiger partial charge in [0, 0.05) is 0 Å². The second-order valence-electron chi connectivity index (χ2n) is 9.13. The summed E-state index contributed by atoms with van der Waals surface area (Å²) in [5.41, 5.74) is 1.73. The summed E-state index contributed by atoms with van der Waals surface area (Å²) in [4.78, 5) is 32.4. The van der Waals surface area contributed by atoms with Crippen molar-refractivity contribution in [3.8, 4) is 29.1 Å². The molecule has 0 spiro atoms. The van der Waals surface area contributed by atoms with Crippen LogP contribution in [0.25, 0.3) is 6.08 Å². The molecule has 2 heterocycles. The standard InChI is InChI=1S/C32H33N3O7S/c1-6-15-41-24-13-11-22(19-26(24)39-8-3)29-28(31(37)40-9-4)20(5)34-32-35(29)30(36)27(43-32)18-21-10-12-23(42-16-14-33)25(17-21)38-7-2/h6,10-13,17-19,29H,1,7-9,15-16H2,2-5H3/t29-/m0/s1. The number of rotatable bonds is 13. The monoisotopic (exact) mass is 603 g/mol. The molecule has 2 aromatic carbocycles. The Bertz CT molecular complexity index is 1760. The van der Waals surface area contributed by atoms with Gasteiger partial charge in [0.1, 0.15) is 12.7 Å². The molecule has 0 amide bonds. The van der Waals surface area contributed by atoms with Gasteiger partial charge in [-0.1, -0.05) is 36.1 Å². The summed E-state index contributed by atoms with van der Waals surface area (Å²) >= 11 is 1.21. The highest BCUT2D eigenvalue weighted by Gasteiger charge is 2.34. The van der Waals surface area contributed by atoms with Crippen molar-refractivity contribution in [1.29, 1.82) is 5.26 Å². The number of esters is 1. The molecule has 43 heavy (non-hydrogen) atoms. The lowest BCUT2D eigenvalue weighted by Gasteiger charge is -2.25. The van der Waals surface area contributed by atoms with Crippen LogP contribution in [-0.4, -0.2) is 43.6 Å². The minimum absolute atomic E-state index is 0.119. The maximum absolute atomic E-state index is 14.0. The highest BCUT2D eigenvalue weighted by Crippen LogP contribution is 2.36. The molecule has 224 valence electrons. The maximum Gasteiger partial charge on any atom is 0.338 e. The maximum atomic E-state index is 14.0. The van der Waals surface area contributed by atoms with E-state index in [0.717, 1.165) is 0 Å². The Hall–Kier alpha value is -4.82. The van der Waals surface area contributed by atoms with Crippen LogP contribution in [0.1, 0.15) is 44.9 Å². The highest BCUT2D eigenvalue weighted by molar-refractivity contribution is 7.07. The number of aromatic nitrogens is 1. The topological polar surface area (TPSA) is 121 Å². The minimum atomic E-state index is -0.814. The lowest BCUT2D eigenvalue weighted by molar-refractivity contribution is -0.139. The minimum Gasteiger partial charge on any atom is -0.490 e. The molecule has 0 fully saturated rings. The van der Waals surface area contributed by atoms with Gasteiger partial charge in [0.25, 0.3) is 5.56 Å². The number of allylic oxidation sites excluding steroid dienone is 1. The lowest BCUT2D eigenvalue weighted by atomic mass is 9.95. The number of fused-ring (bicyclic) bond motifs is 1. The zero-order chi connectivity index (χ0) is 30.9. The Morgan fingerprint density at radius 1 is 1.02 bits per heavy atom. The van der Waals surface area contributed by atoms with E-state index in [-0.39, 0.29) is 24.3 Å². The van der Waals surface area contributed by atoms with E-state index in [9.17, 15) is 9.59 Å². The summed E-state index contributed by atoms with van der Waals surface area (Å²) < 4.78 is 30.1. The van der Waals surface area contributed by atoms with Crippen molar-refractivity contribution in [2.24, 2.45) is 4.99 Å². The lowest BCUT2D eigenvalue weighted by Crippen LogP contribution is -2.40. The van der Waals surface area contributed by atoms with Gasteiger partial charge in [-0.3, -0.25) is 9.36 Å². The molecule has 1 aliphatic rings. The quantitative estimate of drug-likeness (QED) is 0.212. The van der Waals surface area contributed by atoms with Crippen molar-refractivity contribution < 1.29 is 28.5 Å². The fourth-order valence-corrected chi connectivity index (χ4v) is 5.65. The predicted molar refractivity (Wildman–Crippen MR) is 162 cm³/mol. The highest BCUT2D eigenvalue weighted by atomic mass is 32.1. The second-order valence-corrected chi connectivity index (χ2v) is 10.1. The summed E-state index contributed by atoms with van der Waals surface area (Å²) in [6.45, 7) is 12.0. The third-order valence-electron chi connectivity index (χ3n) is 6.31. The summed E-state index contributed by atoms with van der Waals surface area (Å²) in [7, 11) is 0. The largest absolute Gasteiger partial charge is 0.490 e. The molecule has 0 N–H and O–H groups in total. The number of ether oxygens (including phenoxy) is 5. The van der Waals surface area contributed by atoms with Crippen LogP contribution in [0.3, 0.4) is 0 Å². The molecular weight excluding hydrogens is 570 g/mol. The number of nitrogens with zero attached hydrogens (tertiary/aromatic N) is 3. The van der Waals surface area contributed by atoms with Crippen LogP contribution in [0.5, 0.6) is 23.0 Å². The van der Waals surface area contributed by atoms with Crippen molar-refractivity contribution in [1.82, 2.24) is 4.57 Å². The number of benzene rings is 2. The fraction of sp³-hybridized carbons (Fsp3) is 0.312. The van der Waals surface area contributed by atoms with Crippen LogP contribution in [0, 0.1) is 11.3 Å². The molecule has 0 saturated carbocycles. The van der Waals surface area contributed by atoms with E-state index in [2.05, 4.69) is 11.6 Å². The number of carbonyl (C=O) groups is 1. The Kier molecular flexibility index (Phi) is 10.4. The van der Waals surface area contributed by atoms with E-state index >= 15 is 0 Å². The van der Waals surface area contributed by atoms with E-state index in [0.29, 0.717) is 69.0 Å². The Morgan fingerprint density at radius 3 is 2.40 bits per heavy atom. The summed E-state index contributed by atoms with van der Waals surface area (Å²) in [5.74, 6) is 1.33. The first kappa shape index (κ1) is 31.1. The molecule has 1 aromatic heterocycles. The molecule has 3 aromatic rings. The zero-order valence-corrected chi connectivity index (χ0v) is 25.4. The first-order valence-corrected chi connectivity index (χ1v) is 14.6. The molecule has 4 rings (SSSR count). The second kappa shape index (κ2) is 14.4. The van der Waals surface area contributed by atoms with Gasteiger partial charge >= 0.3 is 5.97 Å². The Balaban J connectivity index is 1.89. The first-order valence-electron chi connectivity index (χ1n) is 13.8. The van der Waals surface area contributed by atoms with Gasteiger partial charge in [-0.05, 0) is 69.2 Å². The molecule has 0 aliphatic carbocycles. The van der Waals surface area contributed by atoms with Crippen LogP contribution in [0.2, 0.25) is 0 Å². The number of carbonyl (C=O) groups excluding carboxylic acids is 1. The molecule has 0 radical (unpaired) electrons. The van der Waals surface area contributed by atoms with Crippen molar-refractivity contribution in [2.45, 2.75) is 33.7 Å². The molecule has 0 unspecified atom stereocenters. The normalized spacial score (nSPS) is 14.3. The Morgan fingerprint density at radius 2 is 1.72 bits per heavy atom.